The summed E-state index contributed by atoms with van der Waals surface area (Å²) >= 11 is 0. The molecule has 9 rings (SSSR count). The first-order valence-corrected chi connectivity index (χ1v) is 26.6. The number of fused-ring (bicyclic) bond motifs is 2. The van der Waals surface area contributed by atoms with Crippen molar-refractivity contribution in [3.05, 3.63) is 151 Å². The van der Waals surface area contributed by atoms with E-state index >= 15 is 0 Å². The number of para-hydroxylation sites is 2. The van der Waals surface area contributed by atoms with E-state index in [-0.39, 0.29) is 31.4 Å². The van der Waals surface area contributed by atoms with Crippen LogP contribution in [0.5, 0.6) is 0 Å². The van der Waals surface area contributed by atoms with Crippen molar-refractivity contribution in [3.63, 3.8) is 0 Å². The lowest BCUT2D eigenvalue weighted by Crippen LogP contribution is -2.34. The Labute approximate surface area is 391 Å². The molecule has 2 fully saturated rings. The Morgan fingerprint density at radius 2 is 1.07 bits per heavy atom. The third-order valence-corrected chi connectivity index (χ3v) is 16.6. The molecule has 0 amide bonds. The highest BCUT2D eigenvalue weighted by molar-refractivity contribution is 7.91. The number of pyridine rings is 4. The molecule has 0 spiro atoms. The second kappa shape index (κ2) is 22.5. The highest BCUT2D eigenvalue weighted by atomic mass is 32.2. The van der Waals surface area contributed by atoms with E-state index in [1.807, 2.05) is 31.2 Å². The molecule has 1 saturated heterocycles. The fraction of sp³-hybridized carbons (Fsp3) is 0.320. The Morgan fingerprint density at radius 3 is 1.54 bits per heavy atom. The summed E-state index contributed by atoms with van der Waals surface area (Å²) in [5, 5.41) is 1.76. The van der Waals surface area contributed by atoms with Gasteiger partial charge >= 0.3 is 0 Å². The average Bonchev–Trinajstić information content (AvgIpc) is 3.36. The van der Waals surface area contributed by atoms with Gasteiger partial charge in [-0.05, 0) is 117 Å². The van der Waals surface area contributed by atoms with E-state index in [0.717, 1.165) is 58.9 Å². The molecule has 3 aromatic carbocycles. The molecule has 0 unspecified atom stereocenters. The maximum atomic E-state index is 12.8. The van der Waals surface area contributed by atoms with Gasteiger partial charge in [-0.1, -0.05) is 85.5 Å². The van der Waals surface area contributed by atoms with E-state index in [0.29, 0.717) is 18.4 Å². The molecular formula is C50H53F2N5O7S3. The zero-order valence-corrected chi connectivity index (χ0v) is 39.6. The SMILES string of the molecule is Cc1ccc(S(=O)(=O)OCC[18F])cc1.O=S(=O)(c1cnc2c(C3CCCCC3)cccc2c1)c1ccccn1.O=S(=O)(c1cnc2c(C3CCN(CC[18F])CC3)cccc2c1)c1ccccn1. The second-order valence-electron chi connectivity index (χ2n) is 16.4. The number of aryl methyl sites for hydroxylation is 1. The van der Waals surface area contributed by atoms with Crippen molar-refractivity contribution in [3.8, 4) is 0 Å². The largest absolute Gasteiger partial charge is 0.301 e. The highest BCUT2D eigenvalue weighted by Gasteiger charge is 2.25. The van der Waals surface area contributed by atoms with Crippen molar-refractivity contribution < 1.29 is 38.2 Å². The first-order chi connectivity index (χ1) is 32.3. The molecule has 0 N–H and O–H groups in total. The molecule has 0 bridgehead atoms. The monoisotopic (exact) mass is 967 g/mol. The molecular weight excluding hydrogens is 915 g/mol. The number of sulfone groups is 2. The van der Waals surface area contributed by atoms with Crippen LogP contribution in [0.3, 0.4) is 0 Å². The summed E-state index contributed by atoms with van der Waals surface area (Å²) in [5.41, 5.74) is 5.10. The summed E-state index contributed by atoms with van der Waals surface area (Å²) in [5.74, 6) is 0.883. The summed E-state index contributed by atoms with van der Waals surface area (Å²) < 4.78 is 102. The molecule has 67 heavy (non-hydrogen) atoms. The number of hydrogen-bond donors (Lipinski definition) is 0. The predicted octanol–water partition coefficient (Wildman–Crippen LogP) is 9.79. The number of hydrogen-bond acceptors (Lipinski definition) is 12. The van der Waals surface area contributed by atoms with Crippen LogP contribution in [0.1, 0.15) is 73.5 Å². The predicted molar refractivity (Wildman–Crippen MR) is 253 cm³/mol. The van der Waals surface area contributed by atoms with Gasteiger partial charge in [0.25, 0.3) is 10.1 Å². The van der Waals surface area contributed by atoms with Gasteiger partial charge in [0.2, 0.25) is 19.7 Å². The van der Waals surface area contributed by atoms with Crippen LogP contribution < -0.4 is 0 Å². The zero-order valence-electron chi connectivity index (χ0n) is 37.1. The number of benzene rings is 3. The third-order valence-electron chi connectivity index (χ3n) is 12.0. The lowest BCUT2D eigenvalue weighted by molar-refractivity contribution is 0.197. The molecule has 0 atom stereocenters. The first kappa shape index (κ1) is 49.3. The van der Waals surface area contributed by atoms with Gasteiger partial charge < -0.3 is 4.90 Å². The maximum absolute atomic E-state index is 12.8. The molecule has 4 aromatic heterocycles. The topological polar surface area (TPSA) is 166 Å². The molecule has 352 valence electrons. The van der Waals surface area contributed by atoms with E-state index < -0.39 is 43.1 Å². The van der Waals surface area contributed by atoms with Gasteiger partial charge in [0.05, 0.1) is 32.3 Å². The number of piperidine rings is 1. The molecule has 1 aliphatic carbocycles. The number of alkyl halides is 2. The van der Waals surface area contributed by atoms with E-state index in [4.69, 9.17) is 0 Å². The van der Waals surface area contributed by atoms with Gasteiger partial charge in [-0.3, -0.25) is 14.2 Å². The van der Waals surface area contributed by atoms with E-state index in [1.165, 1.54) is 86.7 Å². The minimum Gasteiger partial charge on any atom is -0.301 e. The number of aromatic nitrogens is 4. The lowest BCUT2D eigenvalue weighted by atomic mass is 9.83. The Hall–Kier alpha value is -5.59. The number of rotatable bonds is 12. The van der Waals surface area contributed by atoms with E-state index in [2.05, 4.69) is 41.2 Å². The Morgan fingerprint density at radius 1 is 0.567 bits per heavy atom. The van der Waals surface area contributed by atoms with Crippen LogP contribution in [0.15, 0.2) is 159 Å². The van der Waals surface area contributed by atoms with Crippen LogP contribution in [-0.4, -0.2) is 89.7 Å². The number of nitrogens with zero attached hydrogens (tertiary/aromatic N) is 5. The summed E-state index contributed by atoms with van der Waals surface area (Å²) in [7, 11) is -11.1. The summed E-state index contributed by atoms with van der Waals surface area (Å²) in [6, 6.07) is 31.3. The fourth-order valence-electron chi connectivity index (χ4n) is 8.45. The molecule has 12 nitrogen and oxygen atoms in total. The maximum Gasteiger partial charge on any atom is 0.297 e. The van der Waals surface area contributed by atoms with Gasteiger partial charge in [-0.2, -0.15) is 8.42 Å². The van der Waals surface area contributed by atoms with Crippen LogP contribution in [0.25, 0.3) is 21.8 Å². The molecule has 2 aliphatic rings. The van der Waals surface area contributed by atoms with Crippen LogP contribution >= 0.6 is 0 Å². The fourth-order valence-corrected chi connectivity index (χ4v) is 11.7. The normalized spacial score (nSPS) is 15.3. The zero-order chi connectivity index (χ0) is 47.4. The van der Waals surface area contributed by atoms with Crippen LogP contribution in [0, 0.1) is 6.92 Å². The molecule has 1 saturated carbocycles. The van der Waals surface area contributed by atoms with Crippen molar-refractivity contribution in [2.45, 2.75) is 88.4 Å². The van der Waals surface area contributed by atoms with Crippen molar-refractivity contribution in [1.82, 2.24) is 24.8 Å². The van der Waals surface area contributed by atoms with Crippen LogP contribution in [0.2, 0.25) is 0 Å². The molecule has 5 heterocycles. The van der Waals surface area contributed by atoms with Crippen molar-refractivity contribution in [1.29, 1.82) is 0 Å². The smallest absolute Gasteiger partial charge is 0.297 e. The van der Waals surface area contributed by atoms with E-state index in [9.17, 15) is 34.0 Å². The minimum atomic E-state index is -3.78. The number of halogens is 2. The first-order valence-electron chi connectivity index (χ1n) is 22.2. The Balaban J connectivity index is 0.000000157. The second-order valence-corrected chi connectivity index (χ2v) is 21.8. The van der Waals surface area contributed by atoms with Crippen molar-refractivity contribution >= 4 is 51.6 Å². The Bertz CT molecular complexity index is 3080. The molecule has 7 aromatic rings. The van der Waals surface area contributed by atoms with Crippen LogP contribution in [0.4, 0.5) is 8.78 Å². The van der Waals surface area contributed by atoms with Crippen LogP contribution in [-0.2, 0) is 34.0 Å². The molecule has 1 aliphatic heterocycles. The summed E-state index contributed by atoms with van der Waals surface area (Å²) in [6.07, 6.45) is 14.0. The van der Waals surface area contributed by atoms with E-state index in [1.54, 1.807) is 48.5 Å². The van der Waals surface area contributed by atoms with Gasteiger partial charge in [-0.15, -0.1) is 0 Å². The average molecular weight is 968 g/mol. The standard InChI is InChI=1S/C21H22FN3O2S.C20H20N2O2S.C9H11FO3S/c22-9-13-25-11-7-16(8-12-25)19-5-3-4-17-14-18(15-24-21(17)19)28(26,27)20-6-1-2-10-23-20;23-25(24,19-11-4-5-12-21-19)17-13-16-9-6-10-18(20(16)22-14-17)15-7-2-1-3-8-15;1-8-2-4-9(5-3-8)14(11,12)13-7-6-10/h1-6,10,14-16H,7-9,11-13H2;4-6,9-15H,1-3,7-8H2;2-5H,6-7H2,1H3/i22-1;;10-1. The van der Waals surface area contributed by atoms with Crippen molar-refractivity contribution in [2.24, 2.45) is 0 Å². The van der Waals surface area contributed by atoms with Gasteiger partial charge in [0.1, 0.15) is 13.3 Å². The molecule has 0 radical (unpaired) electrons. The quantitative estimate of drug-likeness (QED) is 0.107. The van der Waals surface area contributed by atoms with Gasteiger partial charge in [0, 0.05) is 42.1 Å². The Kier molecular flexibility index (Phi) is 16.5. The minimum absolute atomic E-state index is 0.0209. The van der Waals surface area contributed by atoms with Crippen molar-refractivity contribution in [2.75, 3.05) is 39.6 Å². The molecule has 17 heteroatoms. The summed E-state index contributed by atoms with van der Waals surface area (Å²) in [6.45, 7) is 2.53. The lowest BCUT2D eigenvalue weighted by Gasteiger charge is -2.31. The number of likely N-dealkylation sites (tertiary alicyclic amines) is 1. The van der Waals surface area contributed by atoms with Gasteiger partial charge in [-0.25, -0.2) is 35.6 Å². The third kappa shape index (κ3) is 12.1. The highest BCUT2D eigenvalue weighted by Crippen LogP contribution is 2.37. The van der Waals surface area contributed by atoms with Gasteiger partial charge in [0.15, 0.2) is 10.1 Å². The summed E-state index contributed by atoms with van der Waals surface area (Å²) in [4.78, 5) is 19.6.